The van der Waals surface area contributed by atoms with Gasteiger partial charge < -0.3 is 0 Å². The van der Waals surface area contributed by atoms with Gasteiger partial charge in [0.25, 0.3) is 0 Å². The average molecular weight is 447 g/mol. The van der Waals surface area contributed by atoms with Gasteiger partial charge in [-0.25, -0.2) is 9.67 Å². The lowest BCUT2D eigenvalue weighted by Crippen LogP contribution is -1.97. The van der Waals surface area contributed by atoms with Crippen LogP contribution >= 0.6 is 45.2 Å². The Balaban J connectivity index is 2.32. The lowest BCUT2D eigenvalue weighted by molar-refractivity contribution is 0.885. The maximum absolute atomic E-state index is 4.54. The summed E-state index contributed by atoms with van der Waals surface area (Å²) in [4.78, 5) is 4.47. The molecular formula is C12H7I2N3. The molecule has 3 aromatic rings. The number of benzene rings is 1. The Kier molecular flexibility index (Phi) is 3.03. The third-order valence-corrected chi connectivity index (χ3v) is 3.83. The first-order chi connectivity index (χ1) is 8.25. The van der Waals surface area contributed by atoms with Crippen LogP contribution in [0.1, 0.15) is 0 Å². The van der Waals surface area contributed by atoms with Gasteiger partial charge in [-0.3, -0.25) is 0 Å². The number of fused-ring (bicyclic) bond motifs is 1. The molecule has 5 heteroatoms. The maximum Gasteiger partial charge on any atom is 0.164 e. The van der Waals surface area contributed by atoms with Crippen molar-refractivity contribution in [3.63, 3.8) is 0 Å². The normalized spacial score (nSPS) is 10.9. The fraction of sp³-hybridized carbons (Fsp3) is 0. The van der Waals surface area contributed by atoms with Crippen LogP contribution in [0.5, 0.6) is 0 Å². The summed E-state index contributed by atoms with van der Waals surface area (Å²) in [6.45, 7) is 0. The molecule has 0 spiro atoms. The van der Waals surface area contributed by atoms with E-state index in [4.69, 9.17) is 0 Å². The van der Waals surface area contributed by atoms with Crippen molar-refractivity contribution in [2.45, 2.75) is 0 Å². The minimum absolute atomic E-state index is 0.904. The largest absolute Gasteiger partial charge is 0.235 e. The van der Waals surface area contributed by atoms with Gasteiger partial charge in [0.2, 0.25) is 0 Å². The molecule has 0 saturated carbocycles. The van der Waals surface area contributed by atoms with Gasteiger partial charge in [0.15, 0.2) is 5.65 Å². The number of aromatic nitrogens is 3. The van der Waals surface area contributed by atoms with E-state index in [1.807, 2.05) is 41.2 Å². The molecule has 3 nitrogen and oxygen atoms in total. The van der Waals surface area contributed by atoms with Gasteiger partial charge >= 0.3 is 0 Å². The number of nitrogens with zero attached hydrogens (tertiary/aromatic N) is 3. The molecule has 0 aliphatic rings. The van der Waals surface area contributed by atoms with Gasteiger partial charge in [-0.2, -0.15) is 5.10 Å². The van der Waals surface area contributed by atoms with Crippen molar-refractivity contribution < 1.29 is 0 Å². The van der Waals surface area contributed by atoms with Crippen LogP contribution in [-0.2, 0) is 0 Å². The summed E-state index contributed by atoms with van der Waals surface area (Å²) >= 11 is 4.51. The summed E-state index contributed by atoms with van der Waals surface area (Å²) in [6.07, 6.45) is 1.86. The van der Waals surface area contributed by atoms with Crippen LogP contribution in [0, 0.1) is 7.27 Å². The quantitative estimate of drug-likeness (QED) is 0.534. The van der Waals surface area contributed by atoms with E-state index in [0.29, 0.717) is 0 Å². The Morgan fingerprint density at radius 2 is 1.82 bits per heavy atom. The minimum Gasteiger partial charge on any atom is -0.235 e. The van der Waals surface area contributed by atoms with E-state index in [-0.39, 0.29) is 0 Å². The highest BCUT2D eigenvalue weighted by atomic mass is 127. The molecule has 0 radical (unpaired) electrons. The standard InChI is InChI=1S/C12H7I2N3/c13-8-6-10-11(14)16-17(12(10)15-7-8)9-4-2-1-3-5-9/h1-7H. The predicted octanol–water partition coefficient (Wildman–Crippen LogP) is 3.63. The first-order valence-electron chi connectivity index (χ1n) is 5.01. The zero-order chi connectivity index (χ0) is 11.8. The number of para-hydroxylation sites is 1. The van der Waals surface area contributed by atoms with Crippen LogP contribution in [-0.4, -0.2) is 14.8 Å². The first-order valence-corrected chi connectivity index (χ1v) is 7.16. The minimum atomic E-state index is 0.904. The summed E-state index contributed by atoms with van der Waals surface area (Å²) in [5.74, 6) is 0. The Bertz CT molecular complexity index is 677. The molecule has 2 heterocycles. The van der Waals surface area contributed by atoms with Crippen LogP contribution in [0.25, 0.3) is 16.7 Å². The van der Waals surface area contributed by atoms with Crippen molar-refractivity contribution in [3.8, 4) is 5.69 Å². The summed E-state index contributed by atoms with van der Waals surface area (Å²) in [6, 6.07) is 12.2. The molecule has 0 unspecified atom stereocenters. The molecule has 3 rings (SSSR count). The Hall–Kier alpha value is -0.700. The smallest absolute Gasteiger partial charge is 0.164 e. The van der Waals surface area contributed by atoms with Gasteiger partial charge in [0.1, 0.15) is 3.70 Å². The molecule has 0 bridgehead atoms. The molecule has 0 fully saturated rings. The molecule has 0 atom stereocenters. The molecule has 0 aliphatic carbocycles. The molecule has 2 aromatic heterocycles. The van der Waals surface area contributed by atoms with E-state index >= 15 is 0 Å². The lowest BCUT2D eigenvalue weighted by atomic mass is 10.3. The molecular weight excluding hydrogens is 440 g/mol. The SMILES string of the molecule is Ic1cnc2c(c1)c(I)nn2-c1ccccc1. The van der Waals surface area contributed by atoms with Crippen LogP contribution in [0.4, 0.5) is 0 Å². The van der Waals surface area contributed by atoms with Crippen molar-refractivity contribution in [3.05, 3.63) is 49.9 Å². The average Bonchev–Trinajstić information content (AvgIpc) is 2.68. The molecule has 84 valence electrons. The first kappa shape index (κ1) is 11.4. The summed E-state index contributed by atoms with van der Waals surface area (Å²) < 4.78 is 3.99. The Morgan fingerprint density at radius 3 is 2.59 bits per heavy atom. The second kappa shape index (κ2) is 4.52. The van der Waals surface area contributed by atoms with Gasteiger partial charge in [0.05, 0.1) is 11.1 Å². The van der Waals surface area contributed by atoms with Gasteiger partial charge in [-0.05, 0) is 63.4 Å². The summed E-state index contributed by atoms with van der Waals surface area (Å²) in [5.41, 5.74) is 1.94. The van der Waals surface area contributed by atoms with E-state index in [0.717, 1.165) is 24.0 Å². The van der Waals surface area contributed by atoms with Gasteiger partial charge in [0, 0.05) is 9.77 Å². The predicted molar refractivity (Wildman–Crippen MR) is 84.3 cm³/mol. The topological polar surface area (TPSA) is 30.7 Å². The molecule has 17 heavy (non-hydrogen) atoms. The molecule has 0 N–H and O–H groups in total. The molecule has 0 saturated heterocycles. The van der Waals surface area contributed by atoms with E-state index in [2.05, 4.69) is 61.3 Å². The second-order valence-corrected chi connectivity index (χ2v) is 5.83. The van der Waals surface area contributed by atoms with E-state index in [9.17, 15) is 0 Å². The van der Waals surface area contributed by atoms with E-state index < -0.39 is 0 Å². The van der Waals surface area contributed by atoms with Gasteiger partial charge in [-0.15, -0.1) is 0 Å². The summed E-state index contributed by atoms with van der Waals surface area (Å²) in [5, 5.41) is 5.64. The number of halogens is 2. The fourth-order valence-electron chi connectivity index (χ4n) is 1.69. The zero-order valence-electron chi connectivity index (χ0n) is 8.64. The van der Waals surface area contributed by atoms with Gasteiger partial charge in [-0.1, -0.05) is 18.2 Å². The van der Waals surface area contributed by atoms with E-state index in [1.54, 1.807) is 0 Å². The van der Waals surface area contributed by atoms with E-state index in [1.165, 1.54) is 0 Å². The van der Waals surface area contributed by atoms with Crippen LogP contribution < -0.4 is 0 Å². The van der Waals surface area contributed by atoms with Crippen molar-refractivity contribution in [1.29, 1.82) is 0 Å². The monoisotopic (exact) mass is 447 g/mol. The fourth-order valence-corrected chi connectivity index (χ4v) is 2.75. The zero-order valence-corrected chi connectivity index (χ0v) is 13.0. The highest BCUT2D eigenvalue weighted by Gasteiger charge is 2.10. The van der Waals surface area contributed by atoms with Crippen LogP contribution in [0.3, 0.4) is 0 Å². The number of hydrogen-bond donors (Lipinski definition) is 0. The Morgan fingerprint density at radius 1 is 1.06 bits per heavy atom. The van der Waals surface area contributed by atoms with Crippen molar-refractivity contribution >= 4 is 56.2 Å². The maximum atomic E-state index is 4.54. The Labute approximate surface area is 126 Å². The number of pyridine rings is 1. The third kappa shape index (κ3) is 2.05. The third-order valence-electron chi connectivity index (χ3n) is 2.44. The lowest BCUT2D eigenvalue weighted by Gasteiger charge is -2.01. The molecule has 0 amide bonds. The second-order valence-electron chi connectivity index (χ2n) is 3.56. The van der Waals surface area contributed by atoms with Crippen molar-refractivity contribution in [2.24, 2.45) is 0 Å². The number of rotatable bonds is 1. The highest BCUT2D eigenvalue weighted by molar-refractivity contribution is 14.1. The van der Waals surface area contributed by atoms with Crippen LogP contribution in [0.15, 0.2) is 42.6 Å². The van der Waals surface area contributed by atoms with Crippen LogP contribution in [0.2, 0.25) is 0 Å². The number of hydrogen-bond acceptors (Lipinski definition) is 2. The van der Waals surface area contributed by atoms with Crippen molar-refractivity contribution in [1.82, 2.24) is 14.8 Å². The summed E-state index contributed by atoms with van der Waals surface area (Å²) in [7, 11) is 0. The molecule has 0 aliphatic heterocycles. The van der Waals surface area contributed by atoms with Crippen molar-refractivity contribution in [2.75, 3.05) is 0 Å². The molecule has 1 aromatic carbocycles. The highest BCUT2D eigenvalue weighted by Crippen LogP contribution is 2.23.